The monoisotopic (exact) mass is 450 g/mol. The molecular weight excluding hydrogens is 434 g/mol. The molecule has 0 radical (unpaired) electrons. The number of fused-ring (bicyclic) bond motifs is 1. The molecule has 1 aliphatic rings. The number of halogens is 3. The molecule has 2 heterocycles. The van der Waals surface area contributed by atoms with Crippen molar-refractivity contribution < 1.29 is 23.0 Å². The second kappa shape index (κ2) is 7.50. The van der Waals surface area contributed by atoms with Crippen molar-refractivity contribution in [3.63, 3.8) is 0 Å². The first-order valence-corrected chi connectivity index (χ1v) is 9.58. The summed E-state index contributed by atoms with van der Waals surface area (Å²) in [6.45, 7) is -3.05. The number of nitrogens with zero attached hydrogens (tertiary/aromatic N) is 2. The van der Waals surface area contributed by atoms with Crippen LogP contribution in [-0.2, 0) is 0 Å². The Morgan fingerprint density at radius 1 is 1.32 bits per heavy atom. The predicted molar refractivity (Wildman–Crippen MR) is 103 cm³/mol. The zero-order chi connectivity index (χ0) is 19.8. The van der Waals surface area contributed by atoms with E-state index in [0.717, 1.165) is 17.3 Å². The van der Waals surface area contributed by atoms with Crippen molar-refractivity contribution in [2.75, 3.05) is 7.11 Å². The molecule has 1 saturated carbocycles. The summed E-state index contributed by atoms with van der Waals surface area (Å²) in [5.74, 6) is 0.102. The molecule has 0 spiro atoms. The number of alkyl halides is 2. The first-order chi connectivity index (χ1) is 13.5. The lowest BCUT2D eigenvalue weighted by molar-refractivity contribution is -0.0502. The molecule has 3 aromatic rings. The van der Waals surface area contributed by atoms with Crippen LogP contribution in [-0.4, -0.2) is 28.9 Å². The number of ether oxygens (including phenoxy) is 2. The van der Waals surface area contributed by atoms with Gasteiger partial charge in [-0.15, -0.1) is 0 Å². The minimum Gasteiger partial charge on any atom is -0.496 e. The molecule has 0 amide bonds. The van der Waals surface area contributed by atoms with Crippen molar-refractivity contribution >= 4 is 27.4 Å². The number of hydrogen-bond acceptors (Lipinski definition) is 4. The molecule has 0 unspecified atom stereocenters. The highest BCUT2D eigenvalue weighted by atomic mass is 79.9. The van der Waals surface area contributed by atoms with Crippen molar-refractivity contribution in [2.45, 2.75) is 25.9 Å². The van der Waals surface area contributed by atoms with Gasteiger partial charge in [0.15, 0.2) is 5.78 Å². The number of aromatic nitrogens is 2. The second-order valence-electron chi connectivity index (χ2n) is 6.72. The Morgan fingerprint density at radius 3 is 2.75 bits per heavy atom. The molecule has 4 rings (SSSR count). The van der Waals surface area contributed by atoms with E-state index in [-0.39, 0.29) is 22.8 Å². The van der Waals surface area contributed by atoms with Gasteiger partial charge in [0.2, 0.25) is 0 Å². The molecule has 0 aliphatic heterocycles. The summed E-state index contributed by atoms with van der Waals surface area (Å²) in [4.78, 5) is 17.0. The van der Waals surface area contributed by atoms with E-state index < -0.39 is 6.61 Å². The number of carbonyl (C=O) groups excluding carboxylic acids is 1. The maximum atomic E-state index is 13.0. The van der Waals surface area contributed by atoms with Gasteiger partial charge in [0, 0.05) is 22.7 Å². The molecule has 146 valence electrons. The summed E-state index contributed by atoms with van der Waals surface area (Å²) >= 11 is 3.40. The van der Waals surface area contributed by atoms with Gasteiger partial charge >= 0.3 is 6.61 Å². The van der Waals surface area contributed by atoms with Crippen molar-refractivity contribution in [1.29, 1.82) is 0 Å². The van der Waals surface area contributed by atoms with E-state index >= 15 is 0 Å². The summed E-state index contributed by atoms with van der Waals surface area (Å²) in [7, 11) is 1.41. The van der Waals surface area contributed by atoms with E-state index in [1.165, 1.54) is 13.2 Å². The molecule has 2 aromatic heterocycles. The van der Waals surface area contributed by atoms with E-state index in [0.29, 0.717) is 29.2 Å². The Hall–Kier alpha value is -2.48. The number of rotatable bonds is 7. The minimum absolute atomic E-state index is 0.0648. The van der Waals surface area contributed by atoms with Gasteiger partial charge in [0.1, 0.15) is 22.7 Å². The molecule has 1 aromatic carbocycles. The van der Waals surface area contributed by atoms with Gasteiger partial charge in [-0.1, -0.05) is 15.9 Å². The number of pyridine rings is 1. The predicted octanol–water partition coefficient (Wildman–Crippen LogP) is 5.36. The topological polar surface area (TPSA) is 52.8 Å². The van der Waals surface area contributed by atoms with Crippen LogP contribution in [0.5, 0.6) is 11.5 Å². The molecule has 1 aliphatic carbocycles. The number of methoxy groups -OCH3 is 1. The third-order valence-electron chi connectivity index (χ3n) is 4.72. The Labute approximate surface area is 168 Å². The average Bonchev–Trinajstić information content (AvgIpc) is 3.36. The molecule has 5 nitrogen and oxygen atoms in total. The molecule has 0 saturated heterocycles. The Kier molecular flexibility index (Phi) is 5.05. The number of benzene rings is 1. The Bertz CT molecular complexity index is 1050. The first kappa shape index (κ1) is 18.9. The maximum Gasteiger partial charge on any atom is 0.387 e. The van der Waals surface area contributed by atoms with Crippen LogP contribution in [0.15, 0.2) is 41.1 Å². The second-order valence-corrected chi connectivity index (χ2v) is 7.63. The van der Waals surface area contributed by atoms with Crippen molar-refractivity contribution in [2.24, 2.45) is 5.92 Å². The molecular formula is C20H17BrF2N2O3. The van der Waals surface area contributed by atoms with E-state index in [1.54, 1.807) is 12.3 Å². The third kappa shape index (κ3) is 3.73. The van der Waals surface area contributed by atoms with Crippen LogP contribution in [0.2, 0.25) is 0 Å². The highest BCUT2D eigenvalue weighted by Crippen LogP contribution is 2.40. The fraction of sp³-hybridized carbons (Fsp3) is 0.300. The Balaban J connectivity index is 1.84. The van der Waals surface area contributed by atoms with Gasteiger partial charge in [0.05, 0.1) is 19.0 Å². The first-order valence-electron chi connectivity index (χ1n) is 8.79. The SMILES string of the molecule is COc1cc(-c2cnc3cc(Br)ccn23)cc(OC(F)F)c1C(=O)CC1CC1. The van der Waals surface area contributed by atoms with E-state index in [4.69, 9.17) is 9.47 Å². The molecule has 1 fully saturated rings. The van der Waals surface area contributed by atoms with E-state index in [9.17, 15) is 13.6 Å². The van der Waals surface area contributed by atoms with Crippen LogP contribution in [0, 0.1) is 5.92 Å². The standard InChI is InChI=1S/C20H17BrF2N2O3/c1-27-16-7-12(14-10-24-18-9-13(21)4-5-25(14)18)8-17(28-20(22)23)19(16)15(26)6-11-2-3-11/h4-5,7-11,20H,2-3,6H2,1H3. The van der Waals surface area contributed by atoms with Crippen molar-refractivity contribution in [3.8, 4) is 22.8 Å². The molecule has 0 atom stereocenters. The van der Waals surface area contributed by atoms with Crippen molar-refractivity contribution in [1.82, 2.24) is 9.38 Å². The van der Waals surface area contributed by atoms with Gasteiger partial charge in [-0.2, -0.15) is 8.78 Å². The number of imidazole rings is 1. The van der Waals surface area contributed by atoms with Crippen LogP contribution in [0.4, 0.5) is 8.78 Å². The van der Waals surface area contributed by atoms with Crippen LogP contribution in [0.3, 0.4) is 0 Å². The van der Waals surface area contributed by atoms with Gasteiger partial charge < -0.3 is 9.47 Å². The summed E-state index contributed by atoms with van der Waals surface area (Å²) in [5, 5.41) is 0. The summed E-state index contributed by atoms with van der Waals surface area (Å²) in [6, 6.07) is 6.79. The maximum absolute atomic E-state index is 13.0. The van der Waals surface area contributed by atoms with Crippen LogP contribution in [0.1, 0.15) is 29.6 Å². The smallest absolute Gasteiger partial charge is 0.387 e. The Morgan fingerprint density at radius 2 is 2.07 bits per heavy atom. The molecule has 8 heteroatoms. The molecule has 0 bridgehead atoms. The third-order valence-corrected chi connectivity index (χ3v) is 5.22. The van der Waals surface area contributed by atoms with Gasteiger partial charge in [-0.3, -0.25) is 9.20 Å². The van der Waals surface area contributed by atoms with Crippen LogP contribution in [0.25, 0.3) is 16.9 Å². The highest BCUT2D eigenvalue weighted by Gasteiger charge is 2.29. The zero-order valence-corrected chi connectivity index (χ0v) is 16.6. The summed E-state index contributed by atoms with van der Waals surface area (Å²) in [5.41, 5.74) is 1.98. The lowest BCUT2D eigenvalue weighted by Crippen LogP contribution is -2.11. The van der Waals surface area contributed by atoms with Gasteiger partial charge in [0.25, 0.3) is 0 Å². The summed E-state index contributed by atoms with van der Waals surface area (Å²) in [6.07, 6.45) is 5.71. The largest absolute Gasteiger partial charge is 0.496 e. The lowest BCUT2D eigenvalue weighted by atomic mass is 10.00. The van der Waals surface area contributed by atoms with Crippen LogP contribution < -0.4 is 9.47 Å². The number of ketones is 1. The number of carbonyl (C=O) groups is 1. The minimum atomic E-state index is -3.05. The number of Topliss-reactive ketones (excluding diaryl/α,β-unsaturated/α-hetero) is 1. The molecule has 0 N–H and O–H groups in total. The van der Waals surface area contributed by atoms with Crippen LogP contribution >= 0.6 is 15.9 Å². The summed E-state index contributed by atoms with van der Waals surface area (Å²) < 4.78 is 38.9. The number of hydrogen-bond donors (Lipinski definition) is 0. The van der Waals surface area contributed by atoms with E-state index in [1.807, 2.05) is 22.7 Å². The fourth-order valence-electron chi connectivity index (χ4n) is 3.22. The quantitative estimate of drug-likeness (QED) is 0.454. The van der Waals surface area contributed by atoms with Gasteiger partial charge in [-0.25, -0.2) is 4.98 Å². The average molecular weight is 451 g/mol. The van der Waals surface area contributed by atoms with Gasteiger partial charge in [-0.05, 0) is 43.0 Å². The molecule has 28 heavy (non-hydrogen) atoms. The lowest BCUT2D eigenvalue weighted by Gasteiger charge is -2.16. The normalized spacial score (nSPS) is 13.9. The highest BCUT2D eigenvalue weighted by molar-refractivity contribution is 9.10. The fourth-order valence-corrected chi connectivity index (χ4v) is 3.54. The van der Waals surface area contributed by atoms with Crippen molar-refractivity contribution in [3.05, 3.63) is 46.7 Å². The zero-order valence-electron chi connectivity index (χ0n) is 15.0. The van der Waals surface area contributed by atoms with E-state index in [2.05, 4.69) is 20.9 Å².